The molecule has 0 spiro atoms. The van der Waals surface area contributed by atoms with Gasteiger partial charge in [0.1, 0.15) is 12.4 Å². The maximum absolute atomic E-state index is 12.7. The largest absolute Gasteiger partial charge is 0.490 e. The van der Waals surface area contributed by atoms with Crippen LogP contribution in [0.2, 0.25) is 0 Å². The minimum Gasteiger partial charge on any atom is -0.490 e. The molecule has 0 bridgehead atoms. The summed E-state index contributed by atoms with van der Waals surface area (Å²) in [5.74, 6) is 0.434. The number of benzene rings is 2. The van der Waals surface area contributed by atoms with Crippen molar-refractivity contribution in [2.45, 2.75) is 32.9 Å². The normalized spacial score (nSPS) is 12.7. The maximum Gasteiger partial charge on any atom is 0.387 e. The molecule has 0 atom stereocenters. The zero-order valence-corrected chi connectivity index (χ0v) is 18.1. The number of anilines is 1. The van der Waals surface area contributed by atoms with Crippen LogP contribution < -0.4 is 19.1 Å². The van der Waals surface area contributed by atoms with Crippen molar-refractivity contribution in [1.82, 2.24) is 4.90 Å². The average Bonchev–Trinajstić information content (AvgIpc) is 2.78. The fourth-order valence-corrected chi connectivity index (χ4v) is 3.44. The average molecular weight is 448 g/mol. The van der Waals surface area contributed by atoms with Crippen LogP contribution in [0.3, 0.4) is 0 Å². The first-order valence-electron chi connectivity index (χ1n) is 10.4. The molecular weight excluding hydrogens is 422 g/mol. The van der Waals surface area contributed by atoms with Crippen molar-refractivity contribution in [3.8, 4) is 17.2 Å². The highest BCUT2D eigenvalue weighted by Crippen LogP contribution is 2.32. The fourth-order valence-electron chi connectivity index (χ4n) is 3.44. The summed E-state index contributed by atoms with van der Waals surface area (Å²) < 4.78 is 40.5. The molecule has 0 N–H and O–H groups in total. The van der Waals surface area contributed by atoms with E-state index >= 15 is 0 Å². The lowest BCUT2D eigenvalue weighted by Crippen LogP contribution is -2.38. The van der Waals surface area contributed by atoms with E-state index in [1.165, 1.54) is 11.0 Å². The van der Waals surface area contributed by atoms with Crippen LogP contribution in [-0.2, 0) is 16.1 Å². The molecule has 0 saturated carbocycles. The molecular formula is C23H26F2N2O5. The topological polar surface area (TPSA) is 68.3 Å². The number of nitrogens with zero attached hydrogens (tertiary/aromatic N) is 2. The Balaban J connectivity index is 1.57. The molecule has 9 heteroatoms. The van der Waals surface area contributed by atoms with Gasteiger partial charge >= 0.3 is 6.61 Å². The summed E-state index contributed by atoms with van der Waals surface area (Å²) in [5, 5.41) is 0. The zero-order valence-electron chi connectivity index (χ0n) is 18.1. The van der Waals surface area contributed by atoms with Crippen molar-refractivity contribution in [1.29, 1.82) is 0 Å². The summed E-state index contributed by atoms with van der Waals surface area (Å²) >= 11 is 0. The van der Waals surface area contributed by atoms with Gasteiger partial charge in [-0.15, -0.1) is 0 Å². The van der Waals surface area contributed by atoms with Gasteiger partial charge in [0.05, 0.1) is 18.8 Å². The van der Waals surface area contributed by atoms with E-state index in [1.807, 2.05) is 24.3 Å². The first-order chi connectivity index (χ1) is 15.4. The Labute approximate surface area is 185 Å². The fraction of sp³-hybridized carbons (Fsp3) is 0.391. The van der Waals surface area contributed by atoms with Gasteiger partial charge in [-0.1, -0.05) is 18.2 Å². The lowest BCUT2D eigenvalue weighted by molar-refractivity contribution is -0.132. The number of para-hydroxylation sites is 2. The Morgan fingerprint density at radius 3 is 2.69 bits per heavy atom. The second-order valence-electron chi connectivity index (χ2n) is 7.20. The Morgan fingerprint density at radius 2 is 1.94 bits per heavy atom. The van der Waals surface area contributed by atoms with Crippen molar-refractivity contribution < 1.29 is 32.6 Å². The number of carbonyl (C=O) groups is 2. The smallest absolute Gasteiger partial charge is 0.387 e. The Kier molecular flexibility index (Phi) is 7.86. The van der Waals surface area contributed by atoms with E-state index in [9.17, 15) is 18.4 Å². The summed E-state index contributed by atoms with van der Waals surface area (Å²) in [4.78, 5) is 28.4. The minimum absolute atomic E-state index is 0.0553. The van der Waals surface area contributed by atoms with Gasteiger partial charge in [-0.25, -0.2) is 0 Å². The van der Waals surface area contributed by atoms with E-state index in [4.69, 9.17) is 9.47 Å². The van der Waals surface area contributed by atoms with Crippen LogP contribution >= 0.6 is 0 Å². The number of ether oxygens (including phenoxy) is 3. The lowest BCUT2D eigenvalue weighted by Gasteiger charge is -2.29. The molecule has 172 valence electrons. The Morgan fingerprint density at radius 1 is 1.16 bits per heavy atom. The molecule has 7 nitrogen and oxygen atoms in total. The summed E-state index contributed by atoms with van der Waals surface area (Å²) in [7, 11) is 1.63. The summed E-state index contributed by atoms with van der Waals surface area (Å²) in [6.07, 6.45) is 0.128. The quantitative estimate of drug-likeness (QED) is 0.583. The predicted molar refractivity (Wildman–Crippen MR) is 114 cm³/mol. The standard InChI is InChI=1S/C23H26F2N2O5/c1-3-30-20-14-16(8-9-19(20)32-23(24)25)15-26(2)21(28)10-11-22(29)27-12-13-31-18-7-5-4-6-17(18)27/h4-9,14,23H,3,10-13,15H2,1-2H3. The number of alkyl halides is 2. The highest BCUT2D eigenvalue weighted by atomic mass is 19.3. The van der Waals surface area contributed by atoms with Crippen LogP contribution in [-0.4, -0.2) is 50.1 Å². The minimum atomic E-state index is -2.96. The first-order valence-corrected chi connectivity index (χ1v) is 10.4. The van der Waals surface area contributed by atoms with Gasteiger partial charge < -0.3 is 24.0 Å². The van der Waals surface area contributed by atoms with Crippen molar-refractivity contribution in [3.05, 3.63) is 48.0 Å². The van der Waals surface area contributed by atoms with Crippen molar-refractivity contribution in [2.75, 3.05) is 31.7 Å². The van der Waals surface area contributed by atoms with Crippen LogP contribution in [0.5, 0.6) is 17.2 Å². The van der Waals surface area contributed by atoms with Gasteiger partial charge in [0, 0.05) is 26.4 Å². The number of carbonyl (C=O) groups excluding carboxylic acids is 2. The number of hydrogen-bond donors (Lipinski definition) is 0. The molecule has 0 radical (unpaired) electrons. The molecule has 1 aliphatic heterocycles. The number of fused-ring (bicyclic) bond motifs is 1. The molecule has 1 heterocycles. The molecule has 2 aromatic rings. The molecule has 0 aromatic heterocycles. The lowest BCUT2D eigenvalue weighted by atomic mass is 10.1. The third kappa shape index (κ3) is 5.87. The number of amides is 2. The highest BCUT2D eigenvalue weighted by Gasteiger charge is 2.24. The second kappa shape index (κ2) is 10.8. The summed E-state index contributed by atoms with van der Waals surface area (Å²) in [6.45, 7) is 0.142. The van der Waals surface area contributed by atoms with Crippen molar-refractivity contribution in [3.63, 3.8) is 0 Å². The van der Waals surface area contributed by atoms with Gasteiger partial charge in [0.25, 0.3) is 0 Å². The molecule has 2 amide bonds. The maximum atomic E-state index is 12.7. The molecule has 0 unspecified atom stereocenters. The monoisotopic (exact) mass is 448 g/mol. The zero-order chi connectivity index (χ0) is 23.1. The third-order valence-electron chi connectivity index (χ3n) is 4.95. The SMILES string of the molecule is CCOc1cc(CN(C)C(=O)CCC(=O)N2CCOc3ccccc32)ccc1OC(F)F. The Hall–Kier alpha value is -3.36. The third-order valence-corrected chi connectivity index (χ3v) is 4.95. The number of hydrogen-bond acceptors (Lipinski definition) is 5. The van der Waals surface area contributed by atoms with E-state index in [1.54, 1.807) is 31.0 Å². The Bertz CT molecular complexity index is 954. The molecule has 0 saturated heterocycles. The number of halogens is 2. The predicted octanol–water partition coefficient (Wildman–Crippen LogP) is 3.85. The first kappa shape index (κ1) is 23.3. The molecule has 0 fully saturated rings. The van der Waals surface area contributed by atoms with Gasteiger partial charge in [0.15, 0.2) is 11.5 Å². The van der Waals surface area contributed by atoms with Crippen molar-refractivity contribution in [2.24, 2.45) is 0 Å². The highest BCUT2D eigenvalue weighted by molar-refractivity contribution is 5.97. The molecule has 32 heavy (non-hydrogen) atoms. The summed E-state index contributed by atoms with van der Waals surface area (Å²) in [5.41, 5.74) is 1.40. The van der Waals surface area contributed by atoms with E-state index in [0.717, 1.165) is 0 Å². The summed E-state index contributed by atoms with van der Waals surface area (Å²) in [6, 6.07) is 11.9. The van der Waals surface area contributed by atoms with Crippen LogP contribution in [0.4, 0.5) is 14.5 Å². The van der Waals surface area contributed by atoms with Gasteiger partial charge in [-0.05, 0) is 36.8 Å². The van der Waals surface area contributed by atoms with Gasteiger partial charge in [-0.3, -0.25) is 9.59 Å². The molecule has 3 rings (SSSR count). The van der Waals surface area contributed by atoms with Crippen LogP contribution in [0.25, 0.3) is 0 Å². The van der Waals surface area contributed by atoms with E-state index in [2.05, 4.69) is 4.74 Å². The van der Waals surface area contributed by atoms with Crippen LogP contribution in [0.15, 0.2) is 42.5 Å². The van der Waals surface area contributed by atoms with E-state index < -0.39 is 6.61 Å². The molecule has 0 aliphatic carbocycles. The van der Waals surface area contributed by atoms with Gasteiger partial charge in [-0.2, -0.15) is 8.78 Å². The van der Waals surface area contributed by atoms with E-state index in [-0.39, 0.29) is 49.3 Å². The van der Waals surface area contributed by atoms with Crippen LogP contribution in [0, 0.1) is 0 Å². The van der Waals surface area contributed by atoms with Gasteiger partial charge in [0.2, 0.25) is 11.8 Å². The van der Waals surface area contributed by atoms with Crippen molar-refractivity contribution >= 4 is 17.5 Å². The van der Waals surface area contributed by atoms with E-state index in [0.29, 0.717) is 30.2 Å². The van der Waals surface area contributed by atoms with Crippen LogP contribution in [0.1, 0.15) is 25.3 Å². The number of rotatable bonds is 9. The molecule has 2 aromatic carbocycles. The second-order valence-corrected chi connectivity index (χ2v) is 7.20. The molecule has 1 aliphatic rings.